The minimum absolute atomic E-state index is 0.00849. The first-order valence-electron chi connectivity index (χ1n) is 12.5. The molecule has 6 rings (SSSR count). The molecular weight excluding hydrogens is 450 g/mol. The van der Waals surface area contributed by atoms with Crippen molar-refractivity contribution < 1.29 is 14.3 Å². The normalized spacial score (nSPS) is 30.2. The summed E-state index contributed by atoms with van der Waals surface area (Å²) in [7, 11) is 0. The summed E-state index contributed by atoms with van der Waals surface area (Å²) in [5, 5.41) is 10.3. The molecule has 0 fully saturated rings. The number of nitrogens with zero attached hydrogens (tertiary/aromatic N) is 2. The highest BCUT2D eigenvalue weighted by Crippen LogP contribution is 2.62. The number of Topliss-reactive ketones (excluding diaryl/α,β-unsaturated/α-hetero) is 1. The van der Waals surface area contributed by atoms with Crippen molar-refractivity contribution in [3.8, 4) is 6.07 Å². The van der Waals surface area contributed by atoms with E-state index in [-0.39, 0.29) is 40.1 Å². The minimum Gasteiger partial charge on any atom is -0.444 e. The number of ether oxygens (including phenoxy) is 1. The van der Waals surface area contributed by atoms with Crippen molar-refractivity contribution in [3.05, 3.63) is 88.0 Å². The van der Waals surface area contributed by atoms with Gasteiger partial charge in [-0.1, -0.05) is 62.4 Å². The van der Waals surface area contributed by atoms with E-state index in [0.29, 0.717) is 30.6 Å². The van der Waals surface area contributed by atoms with Crippen LogP contribution in [0.1, 0.15) is 63.6 Å². The maximum atomic E-state index is 14.8. The first kappa shape index (κ1) is 22.6. The highest BCUT2D eigenvalue weighted by molar-refractivity contribution is 6.21. The second kappa shape index (κ2) is 7.10. The number of amides is 1. The fraction of sp³-hybridized carbons (Fsp3) is 0.367. The van der Waals surface area contributed by atoms with E-state index in [1.54, 1.807) is 0 Å². The molecule has 36 heavy (non-hydrogen) atoms. The largest absolute Gasteiger partial charge is 0.444 e. The van der Waals surface area contributed by atoms with Crippen LogP contribution >= 0.6 is 0 Å². The van der Waals surface area contributed by atoms with Crippen LogP contribution < -0.4 is 10.6 Å². The van der Waals surface area contributed by atoms with E-state index in [9.17, 15) is 14.9 Å². The molecule has 2 aromatic carbocycles. The zero-order valence-electron chi connectivity index (χ0n) is 21.0. The lowest BCUT2D eigenvalue weighted by atomic mass is 9.63. The van der Waals surface area contributed by atoms with Crippen LogP contribution in [0.3, 0.4) is 0 Å². The van der Waals surface area contributed by atoms with Crippen LogP contribution in [-0.2, 0) is 25.2 Å². The van der Waals surface area contributed by atoms with Gasteiger partial charge in [0, 0.05) is 29.4 Å². The lowest BCUT2D eigenvalue weighted by Crippen LogP contribution is -2.58. The van der Waals surface area contributed by atoms with E-state index >= 15 is 0 Å². The lowest BCUT2D eigenvalue weighted by molar-refractivity contribution is -0.126. The molecule has 0 bridgehead atoms. The SMILES string of the molecule is C[C@H]1CC(=O)C2=C(C1)OC(N)=C(C#N)[C@@]21C(=O)N2c3c1cccc3[C@@](C)(c1ccccc1)CC2(C)C. The number of hydrogen-bond acceptors (Lipinski definition) is 5. The van der Waals surface area contributed by atoms with E-state index in [1.807, 2.05) is 42.2 Å². The molecule has 3 aliphatic heterocycles. The lowest BCUT2D eigenvalue weighted by Gasteiger charge is -2.50. The van der Waals surface area contributed by atoms with E-state index in [1.165, 1.54) is 0 Å². The monoisotopic (exact) mass is 479 g/mol. The highest BCUT2D eigenvalue weighted by atomic mass is 16.5. The molecule has 1 spiro atoms. The van der Waals surface area contributed by atoms with Gasteiger partial charge < -0.3 is 15.4 Å². The number of allylic oxidation sites excluding steroid dienone is 1. The molecule has 6 nitrogen and oxygen atoms in total. The summed E-state index contributed by atoms with van der Waals surface area (Å²) in [5.41, 5.74) is 7.67. The number of rotatable bonds is 1. The predicted octanol–water partition coefficient (Wildman–Crippen LogP) is 4.74. The molecular formula is C30H29N3O3. The Kier molecular flexibility index (Phi) is 4.46. The molecule has 182 valence electrons. The molecule has 3 atom stereocenters. The average molecular weight is 480 g/mol. The fourth-order valence-corrected chi connectivity index (χ4v) is 7.29. The molecule has 2 N–H and O–H groups in total. The average Bonchev–Trinajstić information content (AvgIpc) is 3.07. The van der Waals surface area contributed by atoms with Gasteiger partial charge in [0.2, 0.25) is 11.8 Å². The van der Waals surface area contributed by atoms with Crippen LogP contribution in [0, 0.1) is 17.2 Å². The summed E-state index contributed by atoms with van der Waals surface area (Å²) in [5.74, 6) is -0.0457. The van der Waals surface area contributed by atoms with Crippen molar-refractivity contribution in [2.75, 3.05) is 4.90 Å². The highest BCUT2D eigenvalue weighted by Gasteiger charge is 2.66. The van der Waals surface area contributed by atoms with Gasteiger partial charge in [-0.15, -0.1) is 0 Å². The van der Waals surface area contributed by atoms with E-state index in [4.69, 9.17) is 10.5 Å². The van der Waals surface area contributed by atoms with Gasteiger partial charge in [-0.25, -0.2) is 0 Å². The molecule has 1 amide bonds. The molecule has 0 unspecified atom stereocenters. The summed E-state index contributed by atoms with van der Waals surface area (Å²) in [6.07, 6.45) is 1.47. The third kappa shape index (κ3) is 2.55. The molecule has 3 heterocycles. The Hall–Kier alpha value is -3.85. The number of hydrogen-bond donors (Lipinski definition) is 1. The first-order chi connectivity index (χ1) is 17.1. The Balaban J connectivity index is 1.73. The molecule has 2 aromatic rings. The van der Waals surface area contributed by atoms with Crippen LogP contribution in [0.2, 0.25) is 0 Å². The summed E-state index contributed by atoms with van der Waals surface area (Å²) < 4.78 is 5.88. The third-order valence-corrected chi connectivity index (χ3v) is 8.55. The van der Waals surface area contributed by atoms with E-state index in [2.05, 4.69) is 45.0 Å². The van der Waals surface area contributed by atoms with Crippen LogP contribution in [0.5, 0.6) is 0 Å². The third-order valence-electron chi connectivity index (χ3n) is 8.55. The van der Waals surface area contributed by atoms with Crippen molar-refractivity contribution >= 4 is 17.4 Å². The van der Waals surface area contributed by atoms with Crippen molar-refractivity contribution in [1.82, 2.24) is 0 Å². The molecule has 1 aliphatic carbocycles. The number of nitrogens with two attached hydrogens (primary N) is 1. The number of ketones is 1. The van der Waals surface area contributed by atoms with E-state index < -0.39 is 11.0 Å². The standard InChI is InChI=1S/C30H29N3O3/c1-17-13-22(34)24-23(14-17)36-26(32)21(15-31)30(24)20-12-8-11-19-25(20)33(27(30)35)28(2,3)16-29(19,4)18-9-6-5-7-10-18/h5-12,17H,13-14,16,32H2,1-4H3/t17-,29+,30+/m0/s1. The minimum atomic E-state index is -1.59. The molecule has 4 aliphatic rings. The number of fused-ring (bicyclic) bond motifs is 2. The number of para-hydroxylation sites is 1. The summed E-state index contributed by atoms with van der Waals surface area (Å²) in [4.78, 5) is 30.2. The van der Waals surface area contributed by atoms with Crippen LogP contribution in [-0.4, -0.2) is 17.2 Å². The van der Waals surface area contributed by atoms with Crippen LogP contribution in [0.25, 0.3) is 0 Å². The smallest absolute Gasteiger partial charge is 0.248 e. The maximum Gasteiger partial charge on any atom is 0.248 e. The predicted molar refractivity (Wildman–Crippen MR) is 136 cm³/mol. The summed E-state index contributed by atoms with van der Waals surface area (Å²) in [6.45, 7) is 8.31. The quantitative estimate of drug-likeness (QED) is 0.638. The number of nitriles is 1. The van der Waals surface area contributed by atoms with Gasteiger partial charge in [-0.05, 0) is 37.3 Å². The van der Waals surface area contributed by atoms with E-state index in [0.717, 1.165) is 16.8 Å². The Labute approximate surface area is 211 Å². The number of anilines is 1. The molecule has 0 saturated carbocycles. The van der Waals surface area contributed by atoms with Crippen LogP contribution in [0.4, 0.5) is 5.69 Å². The van der Waals surface area contributed by atoms with Crippen LogP contribution in [0.15, 0.2) is 71.3 Å². The molecule has 6 heteroatoms. The van der Waals surface area contributed by atoms with Gasteiger partial charge in [0.05, 0.1) is 11.3 Å². The van der Waals surface area contributed by atoms with Gasteiger partial charge in [0.1, 0.15) is 22.8 Å². The van der Waals surface area contributed by atoms with Gasteiger partial charge in [-0.3, -0.25) is 9.59 Å². The Morgan fingerprint density at radius 3 is 2.42 bits per heavy atom. The van der Waals surface area contributed by atoms with Gasteiger partial charge in [0.25, 0.3) is 0 Å². The topological polar surface area (TPSA) is 96.4 Å². The van der Waals surface area contributed by atoms with Crippen molar-refractivity contribution in [2.45, 2.75) is 63.3 Å². The number of carbonyl (C=O) groups excluding carboxylic acids is 2. The second-order valence-electron chi connectivity index (χ2n) is 11.5. The number of carbonyl (C=O) groups is 2. The Morgan fingerprint density at radius 1 is 1.03 bits per heavy atom. The molecule has 0 saturated heterocycles. The van der Waals surface area contributed by atoms with Crippen molar-refractivity contribution in [3.63, 3.8) is 0 Å². The summed E-state index contributed by atoms with van der Waals surface area (Å²) >= 11 is 0. The maximum absolute atomic E-state index is 14.8. The summed E-state index contributed by atoms with van der Waals surface area (Å²) in [6, 6.07) is 18.4. The van der Waals surface area contributed by atoms with Crippen molar-refractivity contribution in [1.29, 1.82) is 5.26 Å². The molecule has 0 radical (unpaired) electrons. The Morgan fingerprint density at radius 2 is 1.72 bits per heavy atom. The Bertz CT molecular complexity index is 1460. The zero-order chi connectivity index (χ0) is 25.6. The van der Waals surface area contributed by atoms with Gasteiger partial charge >= 0.3 is 0 Å². The zero-order valence-corrected chi connectivity index (χ0v) is 21.0. The fourth-order valence-electron chi connectivity index (χ4n) is 7.29. The first-order valence-corrected chi connectivity index (χ1v) is 12.5. The number of benzene rings is 2. The molecule has 0 aromatic heterocycles. The second-order valence-corrected chi connectivity index (χ2v) is 11.5. The van der Waals surface area contributed by atoms with Gasteiger partial charge in [-0.2, -0.15) is 5.26 Å². The van der Waals surface area contributed by atoms with Gasteiger partial charge in [0.15, 0.2) is 5.78 Å². The van der Waals surface area contributed by atoms with Crippen molar-refractivity contribution in [2.24, 2.45) is 11.7 Å².